The first-order chi connectivity index (χ1) is 5.79. The van der Waals surface area contributed by atoms with E-state index in [0.29, 0.717) is 0 Å². The fourth-order valence-electron chi connectivity index (χ4n) is 1.39. The van der Waals surface area contributed by atoms with Crippen LogP contribution in [0.5, 0.6) is 0 Å². The lowest BCUT2D eigenvalue weighted by Crippen LogP contribution is -2.28. The Hall–Kier alpha value is -1.44. The summed E-state index contributed by atoms with van der Waals surface area (Å²) >= 11 is 0. The van der Waals surface area contributed by atoms with Gasteiger partial charge in [0.1, 0.15) is 0 Å². The van der Waals surface area contributed by atoms with E-state index in [9.17, 15) is 0 Å². The maximum absolute atomic E-state index is 4.02. The quantitative estimate of drug-likeness (QED) is 0.624. The molecule has 0 aromatic heterocycles. The van der Waals surface area contributed by atoms with Crippen LogP contribution in [0, 0.1) is 0 Å². The first kappa shape index (κ1) is 7.22. The molecule has 0 amide bonds. The van der Waals surface area contributed by atoms with E-state index in [1.54, 1.807) is 0 Å². The minimum atomic E-state index is 0.843. The Kier molecular flexibility index (Phi) is 1.54. The molecule has 0 aliphatic carbocycles. The van der Waals surface area contributed by atoms with E-state index in [-0.39, 0.29) is 0 Å². The predicted octanol–water partition coefficient (Wildman–Crippen LogP) is 1.97. The molecule has 0 radical (unpaired) electrons. The Labute approximate surface area is 72.5 Å². The van der Waals surface area contributed by atoms with Gasteiger partial charge in [0, 0.05) is 24.0 Å². The molecule has 1 aliphatic heterocycles. The summed E-state index contributed by atoms with van der Waals surface area (Å²) in [5.74, 6) is 0. The monoisotopic (exact) mass is 160 g/mol. The van der Waals surface area contributed by atoms with E-state index in [1.807, 2.05) is 19.2 Å². The smallest absolute Gasteiger partial charge is 0.0873 e. The highest BCUT2D eigenvalue weighted by Crippen LogP contribution is 2.27. The van der Waals surface area contributed by atoms with Gasteiger partial charge in [-0.05, 0) is 6.07 Å². The molecule has 1 heterocycles. The molecule has 1 aromatic rings. The van der Waals surface area contributed by atoms with Crippen molar-refractivity contribution in [2.75, 3.05) is 19.0 Å². The second-order valence-electron chi connectivity index (χ2n) is 3.03. The van der Waals surface area contributed by atoms with Crippen molar-refractivity contribution in [3.05, 3.63) is 36.4 Å². The Morgan fingerprint density at radius 3 is 3.00 bits per heavy atom. The Balaban J connectivity index is 2.49. The molecule has 2 nitrogen and oxygen atoms in total. The first-order valence-corrected chi connectivity index (χ1v) is 4.02. The normalized spacial score (nSPS) is 15.4. The summed E-state index contributed by atoms with van der Waals surface area (Å²) < 4.78 is 0. The van der Waals surface area contributed by atoms with Gasteiger partial charge in [-0.15, -0.1) is 0 Å². The molecule has 1 aliphatic rings. The van der Waals surface area contributed by atoms with Crippen molar-refractivity contribution in [3.63, 3.8) is 0 Å². The molecule has 12 heavy (non-hydrogen) atoms. The molecule has 2 rings (SSSR count). The third kappa shape index (κ3) is 0.961. The lowest BCUT2D eigenvalue weighted by Gasteiger charge is -2.30. The zero-order valence-corrected chi connectivity index (χ0v) is 7.17. The highest BCUT2D eigenvalue weighted by molar-refractivity contribution is 5.76. The maximum atomic E-state index is 4.02. The number of para-hydroxylation sites is 1. The van der Waals surface area contributed by atoms with Gasteiger partial charge in [0.05, 0.1) is 6.67 Å². The molecule has 0 atom stereocenters. The summed E-state index contributed by atoms with van der Waals surface area (Å²) in [5.41, 5.74) is 3.47. The third-order valence-corrected chi connectivity index (χ3v) is 2.21. The van der Waals surface area contributed by atoms with Crippen molar-refractivity contribution < 1.29 is 0 Å². The van der Waals surface area contributed by atoms with Crippen LogP contribution in [0.1, 0.15) is 5.56 Å². The van der Waals surface area contributed by atoms with E-state index >= 15 is 0 Å². The second-order valence-corrected chi connectivity index (χ2v) is 3.03. The molecule has 0 saturated heterocycles. The standard InChI is InChI=1S/C10H12N2/c1-8-9-5-3-4-6-10(9)11-7-12(8)2/h3-6,11H,1,7H2,2H3. The average Bonchev–Trinajstić information content (AvgIpc) is 2.12. The number of fused-ring (bicyclic) bond motifs is 1. The molecule has 62 valence electrons. The molecule has 2 heteroatoms. The van der Waals surface area contributed by atoms with Crippen LogP contribution in [0.15, 0.2) is 30.8 Å². The summed E-state index contributed by atoms with van der Waals surface area (Å²) in [4.78, 5) is 2.10. The molecule has 0 saturated carbocycles. The Bertz CT molecular complexity index is 317. The topological polar surface area (TPSA) is 15.3 Å². The van der Waals surface area contributed by atoms with Gasteiger partial charge in [0.15, 0.2) is 0 Å². The summed E-state index contributed by atoms with van der Waals surface area (Å²) in [6, 6.07) is 8.23. The number of benzene rings is 1. The van der Waals surface area contributed by atoms with Crippen LogP contribution in [0.2, 0.25) is 0 Å². The predicted molar refractivity (Wildman–Crippen MR) is 51.7 cm³/mol. The summed E-state index contributed by atoms with van der Waals surface area (Å²) in [6.07, 6.45) is 0. The molecule has 0 bridgehead atoms. The number of anilines is 1. The van der Waals surface area contributed by atoms with E-state index in [2.05, 4.69) is 28.9 Å². The second kappa shape index (κ2) is 2.55. The summed E-state index contributed by atoms with van der Waals surface area (Å²) in [5, 5.41) is 3.31. The highest BCUT2D eigenvalue weighted by Gasteiger charge is 2.13. The molecular formula is C10H12N2. The number of nitrogens with zero attached hydrogens (tertiary/aromatic N) is 1. The fourth-order valence-corrected chi connectivity index (χ4v) is 1.39. The van der Waals surface area contributed by atoms with Crippen LogP contribution in [-0.4, -0.2) is 18.6 Å². The van der Waals surface area contributed by atoms with Crippen molar-refractivity contribution in [3.8, 4) is 0 Å². The van der Waals surface area contributed by atoms with Gasteiger partial charge in [-0.25, -0.2) is 0 Å². The van der Waals surface area contributed by atoms with Crippen LogP contribution < -0.4 is 5.32 Å². The van der Waals surface area contributed by atoms with Crippen LogP contribution >= 0.6 is 0 Å². The van der Waals surface area contributed by atoms with Crippen molar-refractivity contribution in [1.29, 1.82) is 0 Å². The lowest BCUT2D eigenvalue weighted by molar-refractivity contribution is 0.508. The van der Waals surface area contributed by atoms with E-state index < -0.39 is 0 Å². The van der Waals surface area contributed by atoms with Crippen molar-refractivity contribution >= 4 is 11.4 Å². The van der Waals surface area contributed by atoms with Crippen LogP contribution in [0.25, 0.3) is 5.70 Å². The number of nitrogens with one attached hydrogen (secondary N) is 1. The largest absolute Gasteiger partial charge is 0.367 e. The third-order valence-electron chi connectivity index (χ3n) is 2.21. The molecule has 1 N–H and O–H groups in total. The van der Waals surface area contributed by atoms with Gasteiger partial charge in [0.25, 0.3) is 0 Å². The summed E-state index contributed by atoms with van der Waals surface area (Å²) in [6.45, 7) is 4.87. The average molecular weight is 160 g/mol. The zero-order valence-electron chi connectivity index (χ0n) is 7.17. The SMILES string of the molecule is C=C1c2ccccc2NCN1C. The minimum absolute atomic E-state index is 0.843. The minimum Gasteiger partial charge on any atom is -0.367 e. The summed E-state index contributed by atoms with van der Waals surface area (Å²) in [7, 11) is 2.03. The highest BCUT2D eigenvalue weighted by atomic mass is 15.2. The van der Waals surface area contributed by atoms with Crippen molar-refractivity contribution in [2.45, 2.75) is 0 Å². The molecule has 0 spiro atoms. The van der Waals surface area contributed by atoms with E-state index in [1.165, 1.54) is 11.3 Å². The Morgan fingerprint density at radius 2 is 2.17 bits per heavy atom. The maximum Gasteiger partial charge on any atom is 0.0873 e. The van der Waals surface area contributed by atoms with Gasteiger partial charge >= 0.3 is 0 Å². The van der Waals surface area contributed by atoms with Crippen LogP contribution in [-0.2, 0) is 0 Å². The Morgan fingerprint density at radius 1 is 1.42 bits per heavy atom. The lowest BCUT2D eigenvalue weighted by atomic mass is 10.1. The van der Waals surface area contributed by atoms with E-state index in [0.717, 1.165) is 12.4 Å². The number of rotatable bonds is 0. The van der Waals surface area contributed by atoms with Gasteiger partial charge < -0.3 is 10.2 Å². The first-order valence-electron chi connectivity index (χ1n) is 4.02. The van der Waals surface area contributed by atoms with Gasteiger partial charge in [-0.1, -0.05) is 24.8 Å². The molecule has 0 fully saturated rings. The van der Waals surface area contributed by atoms with Gasteiger partial charge in [-0.3, -0.25) is 0 Å². The van der Waals surface area contributed by atoms with Gasteiger partial charge in [-0.2, -0.15) is 0 Å². The van der Waals surface area contributed by atoms with Crippen molar-refractivity contribution in [1.82, 2.24) is 4.90 Å². The number of hydrogen-bond acceptors (Lipinski definition) is 2. The van der Waals surface area contributed by atoms with Crippen LogP contribution in [0.4, 0.5) is 5.69 Å². The van der Waals surface area contributed by atoms with Gasteiger partial charge in [0.2, 0.25) is 0 Å². The van der Waals surface area contributed by atoms with Crippen molar-refractivity contribution in [2.24, 2.45) is 0 Å². The fraction of sp³-hybridized carbons (Fsp3) is 0.200. The molecule has 1 aromatic carbocycles. The molecular weight excluding hydrogens is 148 g/mol. The molecule has 0 unspecified atom stereocenters. The van der Waals surface area contributed by atoms with E-state index in [4.69, 9.17) is 0 Å². The zero-order chi connectivity index (χ0) is 8.55. The van der Waals surface area contributed by atoms with Crippen LogP contribution in [0.3, 0.4) is 0 Å². The number of hydrogen-bond donors (Lipinski definition) is 1.